The quantitative estimate of drug-likeness (QED) is 0.586. The summed E-state index contributed by atoms with van der Waals surface area (Å²) >= 11 is 1.40. The molecule has 0 aliphatic rings. The molecule has 0 aliphatic heterocycles. The van der Waals surface area contributed by atoms with E-state index in [0.29, 0.717) is 23.9 Å². The number of thioether (sulfide) groups is 1. The van der Waals surface area contributed by atoms with E-state index in [9.17, 15) is 9.59 Å². The highest BCUT2D eigenvalue weighted by Crippen LogP contribution is 2.15. The smallest absolute Gasteiger partial charge is 0.343 e. The van der Waals surface area contributed by atoms with E-state index in [1.165, 1.54) is 11.8 Å². The van der Waals surface area contributed by atoms with Crippen molar-refractivity contribution in [3.05, 3.63) is 10.5 Å². The number of H-pyrrole nitrogens is 1. The van der Waals surface area contributed by atoms with Crippen molar-refractivity contribution in [2.45, 2.75) is 57.4 Å². The van der Waals surface area contributed by atoms with Crippen molar-refractivity contribution in [1.82, 2.24) is 20.1 Å². The number of carbonyl (C=O) groups is 1. The highest BCUT2D eigenvalue weighted by atomic mass is 32.2. The third kappa shape index (κ3) is 5.01. The van der Waals surface area contributed by atoms with Crippen LogP contribution >= 0.6 is 11.8 Å². The Morgan fingerprint density at radius 3 is 2.80 bits per heavy atom. The largest absolute Gasteiger partial charge is 0.480 e. The molecule has 0 fully saturated rings. The van der Waals surface area contributed by atoms with E-state index >= 15 is 0 Å². The van der Waals surface area contributed by atoms with Gasteiger partial charge in [-0.2, -0.15) is 0 Å². The summed E-state index contributed by atoms with van der Waals surface area (Å²) in [7, 11) is 0. The van der Waals surface area contributed by atoms with E-state index in [-0.39, 0.29) is 11.7 Å². The topological polar surface area (TPSA) is 100 Å². The number of carboxylic acid groups (broad SMARTS) is 1. The van der Waals surface area contributed by atoms with Gasteiger partial charge in [0.2, 0.25) is 0 Å². The fraction of sp³-hybridized carbons (Fsp3) is 0.750. The zero-order valence-electron chi connectivity index (χ0n) is 12.0. The maximum atomic E-state index is 11.5. The molecule has 0 saturated heterocycles. The molecule has 0 radical (unpaired) electrons. The molecule has 0 bridgehead atoms. The summed E-state index contributed by atoms with van der Waals surface area (Å²) in [5.41, 5.74) is -0.218. The average molecular weight is 302 g/mol. The van der Waals surface area contributed by atoms with Crippen LogP contribution in [0.2, 0.25) is 0 Å². The molecule has 1 aromatic heterocycles. The summed E-state index contributed by atoms with van der Waals surface area (Å²) in [5, 5.41) is 19.1. The predicted octanol–water partition coefficient (Wildman–Crippen LogP) is 0.915. The molecule has 3 N–H and O–H groups in total. The third-order valence-corrected chi connectivity index (χ3v) is 3.65. The number of aromatic nitrogens is 3. The lowest BCUT2D eigenvalue weighted by Crippen LogP contribution is -2.41. The van der Waals surface area contributed by atoms with Gasteiger partial charge in [-0.1, -0.05) is 32.5 Å². The number of hydrogen-bond acceptors (Lipinski definition) is 5. The fourth-order valence-electron chi connectivity index (χ4n) is 1.78. The summed E-state index contributed by atoms with van der Waals surface area (Å²) in [6, 6.07) is -0.461. The van der Waals surface area contributed by atoms with Crippen molar-refractivity contribution in [2.24, 2.45) is 0 Å². The standard InChI is InChI=1S/C12H22N4O3S/c1-4-6-16-11(19)14-15-12(16)20-7-5-9(10(17)18)13-8(2)3/h8-9,13H,4-7H2,1-3H3,(H,14,19)(H,17,18). The molecule has 1 rings (SSSR count). The number of aliphatic carboxylic acids is 1. The van der Waals surface area contributed by atoms with Crippen molar-refractivity contribution in [2.75, 3.05) is 5.75 Å². The van der Waals surface area contributed by atoms with Gasteiger partial charge in [0.1, 0.15) is 6.04 Å². The van der Waals surface area contributed by atoms with Gasteiger partial charge in [0.15, 0.2) is 5.16 Å². The van der Waals surface area contributed by atoms with Crippen molar-refractivity contribution in [1.29, 1.82) is 0 Å². The fourth-order valence-corrected chi connectivity index (χ4v) is 2.76. The minimum Gasteiger partial charge on any atom is -0.480 e. The second kappa shape index (κ2) is 8.11. The molecule has 7 nitrogen and oxygen atoms in total. The van der Waals surface area contributed by atoms with Gasteiger partial charge in [-0.25, -0.2) is 9.89 Å². The number of aromatic amines is 1. The minimum absolute atomic E-state index is 0.116. The summed E-state index contributed by atoms with van der Waals surface area (Å²) in [4.78, 5) is 22.6. The van der Waals surface area contributed by atoms with E-state index in [1.807, 2.05) is 20.8 Å². The van der Waals surface area contributed by atoms with Crippen LogP contribution in [0.3, 0.4) is 0 Å². The Bertz CT molecular complexity index is 483. The second-order valence-electron chi connectivity index (χ2n) is 4.81. The Balaban J connectivity index is 2.54. The molecule has 20 heavy (non-hydrogen) atoms. The van der Waals surface area contributed by atoms with Gasteiger partial charge in [-0.3, -0.25) is 9.36 Å². The van der Waals surface area contributed by atoms with Crippen LogP contribution < -0.4 is 11.0 Å². The van der Waals surface area contributed by atoms with E-state index in [4.69, 9.17) is 5.11 Å². The van der Waals surface area contributed by atoms with E-state index in [0.717, 1.165) is 6.42 Å². The van der Waals surface area contributed by atoms with Crippen LogP contribution in [0.5, 0.6) is 0 Å². The van der Waals surface area contributed by atoms with Crippen LogP contribution in [0.25, 0.3) is 0 Å². The second-order valence-corrected chi connectivity index (χ2v) is 5.87. The van der Waals surface area contributed by atoms with Crippen LogP contribution in [-0.2, 0) is 11.3 Å². The Morgan fingerprint density at radius 2 is 2.25 bits per heavy atom. The monoisotopic (exact) mass is 302 g/mol. The van der Waals surface area contributed by atoms with Gasteiger partial charge in [-0.15, -0.1) is 5.10 Å². The van der Waals surface area contributed by atoms with E-state index in [2.05, 4.69) is 15.5 Å². The summed E-state index contributed by atoms with van der Waals surface area (Å²) in [5.74, 6) is -0.266. The maximum Gasteiger partial charge on any atom is 0.343 e. The predicted molar refractivity (Wildman–Crippen MR) is 78.2 cm³/mol. The lowest BCUT2D eigenvalue weighted by atomic mass is 10.2. The average Bonchev–Trinajstić information content (AvgIpc) is 2.70. The first-order valence-electron chi connectivity index (χ1n) is 6.72. The van der Waals surface area contributed by atoms with Gasteiger partial charge in [-0.05, 0) is 12.8 Å². The van der Waals surface area contributed by atoms with Crippen molar-refractivity contribution in [3.63, 3.8) is 0 Å². The van der Waals surface area contributed by atoms with Crippen LogP contribution in [0.4, 0.5) is 0 Å². The number of hydrogen-bond donors (Lipinski definition) is 3. The van der Waals surface area contributed by atoms with Gasteiger partial charge in [0.25, 0.3) is 0 Å². The van der Waals surface area contributed by atoms with Crippen LogP contribution in [0, 0.1) is 0 Å². The Labute approximate surface area is 122 Å². The minimum atomic E-state index is -0.854. The number of nitrogens with zero attached hydrogens (tertiary/aromatic N) is 2. The molecule has 0 aliphatic carbocycles. The SMILES string of the molecule is CCCn1c(SCCC(NC(C)C)C(=O)O)n[nH]c1=O. The van der Waals surface area contributed by atoms with Gasteiger partial charge < -0.3 is 10.4 Å². The van der Waals surface area contributed by atoms with Gasteiger partial charge >= 0.3 is 11.7 Å². The molecule has 0 aromatic carbocycles. The van der Waals surface area contributed by atoms with Crippen LogP contribution in [-0.4, -0.2) is 43.7 Å². The van der Waals surface area contributed by atoms with Gasteiger partial charge in [0.05, 0.1) is 0 Å². The Hall–Kier alpha value is -1.28. The van der Waals surface area contributed by atoms with Crippen LogP contribution in [0.15, 0.2) is 9.95 Å². The molecule has 0 saturated carbocycles. The summed E-state index contributed by atoms with van der Waals surface area (Å²) in [6.45, 7) is 6.43. The van der Waals surface area contributed by atoms with Crippen molar-refractivity contribution >= 4 is 17.7 Å². The molecular weight excluding hydrogens is 280 g/mol. The van der Waals surface area contributed by atoms with Crippen molar-refractivity contribution < 1.29 is 9.90 Å². The molecule has 8 heteroatoms. The van der Waals surface area contributed by atoms with E-state index < -0.39 is 12.0 Å². The first kappa shape index (κ1) is 16.8. The molecule has 0 amide bonds. The molecule has 1 heterocycles. The maximum absolute atomic E-state index is 11.5. The Morgan fingerprint density at radius 1 is 1.55 bits per heavy atom. The lowest BCUT2D eigenvalue weighted by molar-refractivity contribution is -0.139. The summed E-state index contributed by atoms with van der Waals surface area (Å²) < 4.78 is 1.58. The van der Waals surface area contributed by atoms with Crippen molar-refractivity contribution in [3.8, 4) is 0 Å². The zero-order valence-corrected chi connectivity index (χ0v) is 12.9. The summed E-state index contributed by atoms with van der Waals surface area (Å²) in [6.07, 6.45) is 1.32. The zero-order chi connectivity index (χ0) is 15.1. The van der Waals surface area contributed by atoms with Gasteiger partial charge in [0, 0.05) is 18.3 Å². The third-order valence-electron chi connectivity index (χ3n) is 2.64. The van der Waals surface area contributed by atoms with E-state index in [1.54, 1.807) is 4.57 Å². The number of nitrogens with one attached hydrogen (secondary N) is 2. The number of rotatable bonds is 9. The molecule has 1 aromatic rings. The first-order valence-corrected chi connectivity index (χ1v) is 7.71. The molecule has 114 valence electrons. The molecule has 0 spiro atoms. The Kier molecular flexibility index (Phi) is 6.80. The molecular formula is C12H22N4O3S. The molecule has 1 unspecified atom stereocenters. The highest BCUT2D eigenvalue weighted by molar-refractivity contribution is 7.99. The lowest BCUT2D eigenvalue weighted by Gasteiger charge is -2.16. The number of carboxylic acids is 1. The first-order chi connectivity index (χ1) is 9.45. The normalized spacial score (nSPS) is 12.8. The van der Waals surface area contributed by atoms with Crippen LogP contribution in [0.1, 0.15) is 33.6 Å². The molecule has 1 atom stereocenters. The highest BCUT2D eigenvalue weighted by Gasteiger charge is 2.18.